The molecule has 0 spiro atoms. The molecule has 3 rings (SSSR count). The van der Waals surface area contributed by atoms with Crippen molar-refractivity contribution >= 4 is 21.4 Å². The summed E-state index contributed by atoms with van der Waals surface area (Å²) in [7, 11) is 0. The molecule has 0 aliphatic rings. The van der Waals surface area contributed by atoms with Crippen LogP contribution in [-0.4, -0.2) is 29.6 Å². The predicted molar refractivity (Wildman–Crippen MR) is 99.0 cm³/mol. The monoisotopic (exact) mass is 325 g/mol. The van der Waals surface area contributed by atoms with Gasteiger partial charge in [-0.3, -0.25) is 0 Å². The summed E-state index contributed by atoms with van der Waals surface area (Å²) in [6, 6.07) is 18.5. The van der Waals surface area contributed by atoms with Crippen molar-refractivity contribution in [2.45, 2.75) is 19.4 Å². The van der Waals surface area contributed by atoms with Crippen LogP contribution in [0.5, 0.6) is 0 Å². The zero-order valence-corrected chi connectivity index (χ0v) is 14.3. The van der Waals surface area contributed by atoms with Gasteiger partial charge in [-0.2, -0.15) is 0 Å². The van der Waals surface area contributed by atoms with Crippen molar-refractivity contribution in [3.05, 3.63) is 71.1 Å². The molecule has 0 fully saturated rings. The zero-order chi connectivity index (χ0) is 16.1. The van der Waals surface area contributed by atoms with Gasteiger partial charge in [0.25, 0.3) is 0 Å². The van der Waals surface area contributed by atoms with E-state index in [2.05, 4.69) is 41.5 Å². The fourth-order valence-corrected chi connectivity index (χ4v) is 3.91. The van der Waals surface area contributed by atoms with Gasteiger partial charge in [-0.15, -0.1) is 11.3 Å². The summed E-state index contributed by atoms with van der Waals surface area (Å²) in [6.07, 6.45) is 0.606. The molecule has 1 heterocycles. The first kappa shape index (κ1) is 16.2. The van der Waals surface area contributed by atoms with Crippen LogP contribution in [0.1, 0.15) is 24.2 Å². The highest BCUT2D eigenvalue weighted by Crippen LogP contribution is 2.26. The average molecular weight is 325 g/mol. The maximum absolute atomic E-state index is 10.4. The van der Waals surface area contributed by atoms with Crippen molar-refractivity contribution in [3.8, 4) is 0 Å². The molecular weight excluding hydrogens is 302 g/mol. The lowest BCUT2D eigenvalue weighted by Crippen LogP contribution is -2.30. The van der Waals surface area contributed by atoms with Crippen LogP contribution in [0, 0.1) is 0 Å². The van der Waals surface area contributed by atoms with Crippen LogP contribution in [0.25, 0.3) is 10.1 Å². The number of hydrogen-bond acceptors (Lipinski definition) is 3. The Kier molecular flexibility index (Phi) is 5.44. The molecule has 2 aromatic carbocycles. The van der Waals surface area contributed by atoms with Crippen molar-refractivity contribution in [2.24, 2.45) is 0 Å². The van der Waals surface area contributed by atoms with E-state index in [0.717, 1.165) is 25.1 Å². The normalized spacial score (nSPS) is 12.8. The number of fused-ring (bicyclic) bond motifs is 1. The second-order valence-corrected chi connectivity index (χ2v) is 6.74. The summed E-state index contributed by atoms with van der Waals surface area (Å²) in [6.45, 7) is 4.76. The Morgan fingerprint density at radius 2 is 1.78 bits per heavy atom. The minimum atomic E-state index is -0.421. The molecule has 0 bridgehead atoms. The van der Waals surface area contributed by atoms with E-state index in [1.165, 1.54) is 15.6 Å². The molecular formula is C20H23NOS. The molecule has 1 atom stereocenters. The highest BCUT2D eigenvalue weighted by Gasteiger charge is 2.13. The first-order valence-corrected chi connectivity index (χ1v) is 9.06. The van der Waals surface area contributed by atoms with E-state index in [4.69, 9.17) is 0 Å². The van der Waals surface area contributed by atoms with Crippen LogP contribution in [0.15, 0.2) is 60.0 Å². The third-order valence-electron chi connectivity index (χ3n) is 4.32. The molecule has 0 amide bonds. The van der Waals surface area contributed by atoms with Crippen molar-refractivity contribution in [2.75, 3.05) is 19.6 Å². The smallest absolute Gasteiger partial charge is 0.0916 e. The third-order valence-corrected chi connectivity index (χ3v) is 5.33. The maximum Gasteiger partial charge on any atom is 0.0916 e. The largest absolute Gasteiger partial charge is 0.387 e. The van der Waals surface area contributed by atoms with Gasteiger partial charge in [0, 0.05) is 17.8 Å². The summed E-state index contributed by atoms with van der Waals surface area (Å²) in [5.74, 6) is 0. The number of hydrogen-bond donors (Lipinski definition) is 1. The first-order chi connectivity index (χ1) is 11.3. The standard InChI is InChI=1S/C20H23NOS/c1-2-21(14-19(22)16-8-4-3-5-9-16)13-12-17-15-23-20-11-7-6-10-18(17)20/h3-11,15,19,22H,2,12-14H2,1H3/t19-/m1/s1. The Morgan fingerprint density at radius 3 is 2.57 bits per heavy atom. The molecule has 0 saturated heterocycles. The second kappa shape index (κ2) is 7.73. The van der Waals surface area contributed by atoms with Gasteiger partial charge in [-0.25, -0.2) is 0 Å². The Hall–Kier alpha value is -1.68. The van der Waals surface area contributed by atoms with Crippen LogP contribution in [0.3, 0.4) is 0 Å². The third kappa shape index (κ3) is 3.99. The highest BCUT2D eigenvalue weighted by atomic mass is 32.1. The molecule has 3 aromatic rings. The lowest BCUT2D eigenvalue weighted by molar-refractivity contribution is 0.116. The van der Waals surface area contributed by atoms with Crippen molar-refractivity contribution in [1.29, 1.82) is 0 Å². The van der Waals surface area contributed by atoms with E-state index >= 15 is 0 Å². The predicted octanol–water partition coefficient (Wildman–Crippen LogP) is 4.50. The number of rotatable bonds is 7. The van der Waals surface area contributed by atoms with Gasteiger partial charge in [-0.1, -0.05) is 55.5 Å². The summed E-state index contributed by atoms with van der Waals surface area (Å²) in [4.78, 5) is 2.32. The minimum Gasteiger partial charge on any atom is -0.387 e. The van der Waals surface area contributed by atoms with E-state index < -0.39 is 6.10 Å². The van der Waals surface area contributed by atoms with E-state index in [1.807, 2.05) is 41.7 Å². The number of thiophene rings is 1. The molecule has 1 aromatic heterocycles. The molecule has 23 heavy (non-hydrogen) atoms. The van der Waals surface area contributed by atoms with Crippen LogP contribution in [-0.2, 0) is 6.42 Å². The van der Waals surface area contributed by atoms with Crippen LogP contribution < -0.4 is 0 Å². The molecule has 0 unspecified atom stereocenters. The molecule has 0 radical (unpaired) electrons. The lowest BCUT2D eigenvalue weighted by Gasteiger charge is -2.23. The van der Waals surface area contributed by atoms with Crippen molar-refractivity contribution in [1.82, 2.24) is 4.90 Å². The summed E-state index contributed by atoms with van der Waals surface area (Å²) in [5.41, 5.74) is 2.41. The Balaban J connectivity index is 1.61. The molecule has 120 valence electrons. The fourth-order valence-electron chi connectivity index (χ4n) is 2.91. The second-order valence-electron chi connectivity index (χ2n) is 5.83. The van der Waals surface area contributed by atoms with E-state index in [-0.39, 0.29) is 0 Å². The van der Waals surface area contributed by atoms with Crippen LogP contribution >= 0.6 is 11.3 Å². The van der Waals surface area contributed by atoms with Gasteiger partial charge in [-0.05, 0) is 40.9 Å². The average Bonchev–Trinajstić information content (AvgIpc) is 3.02. The SMILES string of the molecule is CCN(CCc1csc2ccccc12)C[C@@H](O)c1ccccc1. The Morgan fingerprint density at radius 1 is 1.04 bits per heavy atom. The minimum absolute atomic E-state index is 0.421. The topological polar surface area (TPSA) is 23.5 Å². The number of aliphatic hydroxyl groups is 1. The van der Waals surface area contributed by atoms with Gasteiger partial charge in [0.05, 0.1) is 6.10 Å². The number of nitrogens with zero attached hydrogens (tertiary/aromatic N) is 1. The lowest BCUT2D eigenvalue weighted by atomic mass is 10.1. The first-order valence-electron chi connectivity index (χ1n) is 8.18. The number of benzene rings is 2. The van der Waals surface area contributed by atoms with Gasteiger partial charge in [0.2, 0.25) is 0 Å². The fraction of sp³-hybridized carbons (Fsp3) is 0.300. The van der Waals surface area contributed by atoms with Crippen LogP contribution in [0.2, 0.25) is 0 Å². The molecule has 0 aliphatic heterocycles. The van der Waals surface area contributed by atoms with Crippen LogP contribution in [0.4, 0.5) is 0 Å². The van der Waals surface area contributed by atoms with E-state index in [9.17, 15) is 5.11 Å². The summed E-state index contributed by atoms with van der Waals surface area (Å²) >= 11 is 1.82. The van der Waals surface area contributed by atoms with E-state index in [1.54, 1.807) is 0 Å². The molecule has 1 N–H and O–H groups in total. The quantitative estimate of drug-likeness (QED) is 0.691. The van der Waals surface area contributed by atoms with Gasteiger partial charge in [0.15, 0.2) is 0 Å². The van der Waals surface area contributed by atoms with Crippen molar-refractivity contribution in [3.63, 3.8) is 0 Å². The van der Waals surface area contributed by atoms with Crippen molar-refractivity contribution < 1.29 is 5.11 Å². The molecule has 2 nitrogen and oxygen atoms in total. The van der Waals surface area contributed by atoms with Gasteiger partial charge < -0.3 is 10.0 Å². The molecule has 0 aliphatic carbocycles. The Bertz CT molecular complexity index is 737. The number of aliphatic hydroxyl groups excluding tert-OH is 1. The van der Waals surface area contributed by atoms with E-state index in [0.29, 0.717) is 6.54 Å². The van der Waals surface area contributed by atoms with Gasteiger partial charge in [0.1, 0.15) is 0 Å². The molecule has 0 saturated carbocycles. The zero-order valence-electron chi connectivity index (χ0n) is 13.5. The summed E-state index contributed by atoms with van der Waals surface area (Å²) < 4.78 is 1.36. The maximum atomic E-state index is 10.4. The highest BCUT2D eigenvalue weighted by molar-refractivity contribution is 7.17. The van der Waals surface area contributed by atoms with Gasteiger partial charge >= 0.3 is 0 Å². The molecule has 3 heteroatoms. The Labute approximate surface area is 142 Å². The number of likely N-dealkylation sites (N-methyl/N-ethyl adjacent to an activating group) is 1. The summed E-state index contributed by atoms with van der Waals surface area (Å²) in [5, 5.41) is 14.1.